The molecular formula is C16H12Cl2N2O2S. The number of aromatic nitrogens is 1. The molecule has 3 rings (SSSR count). The Labute approximate surface area is 144 Å². The Kier molecular flexibility index (Phi) is 4.19. The molecule has 118 valence electrons. The van der Waals surface area contributed by atoms with Crippen molar-refractivity contribution in [2.45, 2.75) is 11.8 Å². The minimum absolute atomic E-state index is 0.0118. The lowest BCUT2D eigenvalue weighted by Gasteiger charge is -2.11. The maximum atomic E-state index is 12.6. The van der Waals surface area contributed by atoms with Gasteiger partial charge in [0.25, 0.3) is 10.0 Å². The normalized spacial score (nSPS) is 11.6. The minimum Gasteiger partial charge on any atom is -0.279 e. The van der Waals surface area contributed by atoms with Gasteiger partial charge in [0.05, 0.1) is 10.6 Å². The summed E-state index contributed by atoms with van der Waals surface area (Å²) >= 11 is 11.8. The summed E-state index contributed by atoms with van der Waals surface area (Å²) in [6.45, 7) is 1.85. The number of pyridine rings is 1. The van der Waals surface area contributed by atoms with Gasteiger partial charge in [-0.15, -0.1) is 0 Å². The van der Waals surface area contributed by atoms with Crippen LogP contribution in [0.15, 0.2) is 53.6 Å². The van der Waals surface area contributed by atoms with Gasteiger partial charge >= 0.3 is 0 Å². The quantitative estimate of drug-likeness (QED) is 0.733. The van der Waals surface area contributed by atoms with Crippen molar-refractivity contribution in [3.05, 3.63) is 64.4 Å². The van der Waals surface area contributed by atoms with E-state index >= 15 is 0 Å². The third-order valence-corrected chi connectivity index (χ3v) is 5.07. The predicted molar refractivity (Wildman–Crippen MR) is 93.8 cm³/mol. The van der Waals surface area contributed by atoms with Crippen LogP contribution >= 0.6 is 23.2 Å². The number of benzene rings is 2. The maximum Gasteiger partial charge on any atom is 0.262 e. The zero-order valence-electron chi connectivity index (χ0n) is 12.0. The molecule has 0 amide bonds. The Morgan fingerprint density at radius 1 is 1.04 bits per heavy atom. The number of fused-ring (bicyclic) bond motifs is 1. The molecule has 2 aromatic carbocycles. The van der Waals surface area contributed by atoms with Crippen LogP contribution in [0.4, 0.5) is 5.69 Å². The molecule has 0 radical (unpaired) electrons. The van der Waals surface area contributed by atoms with Crippen LogP contribution in [0.3, 0.4) is 0 Å². The number of sulfonamides is 1. The molecule has 1 heterocycles. The van der Waals surface area contributed by atoms with Crippen molar-refractivity contribution in [2.75, 3.05) is 4.72 Å². The Balaban J connectivity index is 2.09. The first-order chi connectivity index (χ1) is 10.8. The number of hydrogen-bond donors (Lipinski definition) is 1. The summed E-state index contributed by atoms with van der Waals surface area (Å²) in [6.07, 6.45) is 1.71. The molecule has 1 N–H and O–H groups in total. The number of halogens is 2. The van der Waals surface area contributed by atoms with Gasteiger partial charge in [-0.2, -0.15) is 0 Å². The van der Waals surface area contributed by atoms with E-state index in [-0.39, 0.29) is 14.9 Å². The molecule has 0 unspecified atom stereocenters. The van der Waals surface area contributed by atoms with E-state index in [0.717, 1.165) is 16.5 Å². The zero-order chi connectivity index (χ0) is 16.6. The second-order valence-electron chi connectivity index (χ2n) is 5.06. The molecule has 0 bridgehead atoms. The Bertz CT molecular complexity index is 984. The van der Waals surface area contributed by atoms with Crippen LogP contribution in [0.1, 0.15) is 5.69 Å². The fourth-order valence-electron chi connectivity index (χ4n) is 2.25. The highest BCUT2D eigenvalue weighted by Gasteiger charge is 2.17. The lowest BCUT2D eigenvalue weighted by molar-refractivity contribution is 0.601. The zero-order valence-corrected chi connectivity index (χ0v) is 14.4. The van der Waals surface area contributed by atoms with Crippen molar-refractivity contribution in [3.63, 3.8) is 0 Å². The van der Waals surface area contributed by atoms with E-state index in [1.54, 1.807) is 18.3 Å². The summed E-state index contributed by atoms with van der Waals surface area (Å²) in [5.74, 6) is 0. The van der Waals surface area contributed by atoms with Gasteiger partial charge in [-0.1, -0.05) is 35.3 Å². The van der Waals surface area contributed by atoms with Gasteiger partial charge in [0, 0.05) is 32.7 Å². The second kappa shape index (κ2) is 6.00. The molecule has 0 aliphatic carbocycles. The monoisotopic (exact) mass is 366 g/mol. The molecular weight excluding hydrogens is 355 g/mol. The van der Waals surface area contributed by atoms with E-state index in [1.165, 1.54) is 18.2 Å². The summed E-state index contributed by atoms with van der Waals surface area (Å²) in [6, 6.07) is 11.4. The van der Waals surface area contributed by atoms with E-state index in [4.69, 9.17) is 23.2 Å². The summed E-state index contributed by atoms with van der Waals surface area (Å²) in [4.78, 5) is 4.23. The molecule has 0 aliphatic heterocycles. The van der Waals surface area contributed by atoms with Gasteiger partial charge in [-0.05, 0) is 37.3 Å². The number of rotatable bonds is 3. The molecule has 0 atom stereocenters. The number of nitrogens with zero attached hydrogens (tertiary/aromatic N) is 1. The van der Waals surface area contributed by atoms with E-state index in [2.05, 4.69) is 9.71 Å². The number of anilines is 1. The van der Waals surface area contributed by atoms with Gasteiger partial charge in [-0.25, -0.2) is 8.42 Å². The van der Waals surface area contributed by atoms with Gasteiger partial charge in [0.15, 0.2) is 0 Å². The van der Waals surface area contributed by atoms with E-state index in [0.29, 0.717) is 5.69 Å². The molecule has 0 fully saturated rings. The molecule has 23 heavy (non-hydrogen) atoms. The van der Waals surface area contributed by atoms with Crippen LogP contribution in [-0.4, -0.2) is 13.4 Å². The molecule has 4 nitrogen and oxygen atoms in total. The van der Waals surface area contributed by atoms with Gasteiger partial charge in [-0.3, -0.25) is 9.71 Å². The summed E-state index contributed by atoms with van der Waals surface area (Å²) < 4.78 is 27.8. The summed E-state index contributed by atoms with van der Waals surface area (Å²) in [5, 5.41) is 2.14. The summed E-state index contributed by atoms with van der Waals surface area (Å²) in [7, 11) is -3.80. The van der Waals surface area contributed by atoms with Crippen LogP contribution in [-0.2, 0) is 10.0 Å². The topological polar surface area (TPSA) is 59.1 Å². The SMILES string of the molecule is Cc1cc2c(NS(=O)(=O)c3cc(Cl)cc(Cl)c3)cccc2cn1. The van der Waals surface area contributed by atoms with E-state index < -0.39 is 10.0 Å². The van der Waals surface area contributed by atoms with Crippen molar-refractivity contribution in [3.8, 4) is 0 Å². The van der Waals surface area contributed by atoms with Crippen LogP contribution in [0, 0.1) is 6.92 Å². The summed E-state index contributed by atoms with van der Waals surface area (Å²) in [5.41, 5.74) is 1.28. The molecule has 1 aromatic heterocycles. The van der Waals surface area contributed by atoms with E-state index in [9.17, 15) is 8.42 Å². The molecule has 7 heteroatoms. The standard InChI is InChI=1S/C16H12Cl2N2O2S/c1-10-5-15-11(9-19-10)3-2-4-16(15)20-23(21,22)14-7-12(17)6-13(18)8-14/h2-9,20H,1H3. The Morgan fingerprint density at radius 3 is 2.43 bits per heavy atom. The molecule has 0 aliphatic rings. The molecule has 0 saturated heterocycles. The predicted octanol–water partition coefficient (Wildman–Crippen LogP) is 4.65. The molecule has 0 spiro atoms. The Hall–Kier alpha value is -1.82. The van der Waals surface area contributed by atoms with Crippen molar-refractivity contribution >= 4 is 49.7 Å². The third-order valence-electron chi connectivity index (χ3n) is 3.29. The van der Waals surface area contributed by atoms with Crippen molar-refractivity contribution in [2.24, 2.45) is 0 Å². The number of nitrogens with one attached hydrogen (secondary N) is 1. The fraction of sp³-hybridized carbons (Fsp3) is 0.0625. The highest BCUT2D eigenvalue weighted by Crippen LogP contribution is 2.28. The lowest BCUT2D eigenvalue weighted by Crippen LogP contribution is -2.13. The number of aryl methyl sites for hydroxylation is 1. The average molecular weight is 367 g/mol. The molecule has 0 saturated carbocycles. The minimum atomic E-state index is -3.80. The van der Waals surface area contributed by atoms with Gasteiger partial charge in [0.2, 0.25) is 0 Å². The smallest absolute Gasteiger partial charge is 0.262 e. The Morgan fingerprint density at radius 2 is 1.74 bits per heavy atom. The first kappa shape index (κ1) is 16.1. The maximum absolute atomic E-state index is 12.6. The fourth-order valence-corrected chi connectivity index (χ4v) is 4.06. The second-order valence-corrected chi connectivity index (χ2v) is 7.62. The largest absolute Gasteiger partial charge is 0.279 e. The lowest BCUT2D eigenvalue weighted by atomic mass is 10.1. The van der Waals surface area contributed by atoms with Crippen molar-refractivity contribution in [1.82, 2.24) is 4.98 Å². The van der Waals surface area contributed by atoms with Crippen LogP contribution in [0.5, 0.6) is 0 Å². The van der Waals surface area contributed by atoms with Gasteiger partial charge in [0.1, 0.15) is 0 Å². The highest BCUT2D eigenvalue weighted by molar-refractivity contribution is 7.92. The van der Waals surface area contributed by atoms with Crippen LogP contribution < -0.4 is 4.72 Å². The average Bonchev–Trinajstić information content (AvgIpc) is 2.46. The first-order valence-electron chi connectivity index (χ1n) is 6.69. The third kappa shape index (κ3) is 3.42. The molecule has 3 aromatic rings. The van der Waals surface area contributed by atoms with Crippen molar-refractivity contribution in [1.29, 1.82) is 0 Å². The van der Waals surface area contributed by atoms with Crippen LogP contribution in [0.2, 0.25) is 10.0 Å². The first-order valence-corrected chi connectivity index (χ1v) is 8.93. The highest BCUT2D eigenvalue weighted by atomic mass is 35.5. The number of hydrogen-bond acceptors (Lipinski definition) is 3. The van der Waals surface area contributed by atoms with Crippen molar-refractivity contribution < 1.29 is 8.42 Å². The van der Waals surface area contributed by atoms with Crippen LogP contribution in [0.25, 0.3) is 10.8 Å². The van der Waals surface area contributed by atoms with E-state index in [1.807, 2.05) is 19.1 Å². The van der Waals surface area contributed by atoms with Gasteiger partial charge < -0.3 is 0 Å².